The van der Waals surface area contributed by atoms with Crippen LogP contribution >= 0.6 is 11.6 Å². The first kappa shape index (κ1) is 19.7. The smallest absolute Gasteiger partial charge is 0.366 e. The molecule has 0 spiro atoms. The summed E-state index contributed by atoms with van der Waals surface area (Å²) in [6.07, 6.45) is -3.32. The summed E-state index contributed by atoms with van der Waals surface area (Å²) < 4.78 is 43.3. The second-order valence-corrected chi connectivity index (χ2v) is 7.19. The normalized spacial score (nSPS) is 15.9. The molecule has 4 rings (SSSR count). The second-order valence-electron chi connectivity index (χ2n) is 6.81. The van der Waals surface area contributed by atoms with E-state index in [1.54, 1.807) is 0 Å². The summed E-state index contributed by atoms with van der Waals surface area (Å²) in [6.45, 7) is 1.60. The number of nitrogens with zero attached hydrogens (tertiary/aromatic N) is 5. The van der Waals surface area contributed by atoms with Crippen molar-refractivity contribution in [2.45, 2.75) is 19.3 Å². The molecule has 0 N–H and O–H groups in total. The van der Waals surface area contributed by atoms with Gasteiger partial charge in [0.2, 0.25) is 0 Å². The summed E-state index contributed by atoms with van der Waals surface area (Å²) in [5.74, 6) is 0. The molecular weight excluding hydrogens is 411 g/mol. The Hall–Kier alpha value is -2.59. The number of aromatic nitrogens is 3. The van der Waals surface area contributed by atoms with Crippen LogP contribution in [-0.4, -0.2) is 52.2 Å². The van der Waals surface area contributed by atoms with Gasteiger partial charge in [-0.3, -0.25) is 9.69 Å². The molecule has 0 atom stereocenters. The summed E-state index contributed by atoms with van der Waals surface area (Å²) >= 11 is 6.06. The number of fused-ring (bicyclic) bond motifs is 1. The van der Waals surface area contributed by atoms with E-state index < -0.39 is 18.3 Å². The molecule has 0 bridgehead atoms. The van der Waals surface area contributed by atoms with Crippen LogP contribution in [0.3, 0.4) is 0 Å². The summed E-state index contributed by atoms with van der Waals surface area (Å²) in [5.41, 5.74) is 0.988. The third kappa shape index (κ3) is 4.23. The third-order valence-electron chi connectivity index (χ3n) is 4.83. The molecule has 11 heteroatoms. The lowest BCUT2D eigenvalue weighted by atomic mass is 10.2. The fraction of sp³-hybridized carbons (Fsp3) is 0.389. The predicted octanol–water partition coefficient (Wildman–Crippen LogP) is 2.92. The van der Waals surface area contributed by atoms with Gasteiger partial charge in [0, 0.05) is 38.1 Å². The highest BCUT2D eigenvalue weighted by Gasteiger charge is 2.30. The number of alkyl halides is 3. The first-order valence-electron chi connectivity index (χ1n) is 8.95. The number of hydrogen-bond acceptors (Lipinski definition) is 6. The van der Waals surface area contributed by atoms with Crippen molar-refractivity contribution in [3.63, 3.8) is 0 Å². The van der Waals surface area contributed by atoms with Crippen molar-refractivity contribution in [2.24, 2.45) is 0 Å². The van der Waals surface area contributed by atoms with Crippen molar-refractivity contribution < 1.29 is 17.7 Å². The maximum Gasteiger partial charge on any atom is 0.408 e. The van der Waals surface area contributed by atoms with Crippen molar-refractivity contribution in [1.82, 2.24) is 19.8 Å². The van der Waals surface area contributed by atoms with Crippen LogP contribution in [-0.2, 0) is 13.1 Å². The van der Waals surface area contributed by atoms with Gasteiger partial charge in [-0.15, -0.1) is 0 Å². The molecule has 0 aliphatic carbocycles. The topological polar surface area (TPSA) is 67.4 Å². The molecule has 1 aliphatic heterocycles. The van der Waals surface area contributed by atoms with Crippen LogP contribution < -0.4 is 10.5 Å². The zero-order chi connectivity index (χ0) is 20.6. The lowest BCUT2D eigenvalue weighted by Gasteiger charge is -2.35. The number of hydrogen-bond donors (Lipinski definition) is 0. The Bertz CT molecular complexity index is 1070. The van der Waals surface area contributed by atoms with Gasteiger partial charge in [0.05, 0.1) is 11.9 Å². The standard InChI is InChI=1S/C18H17ClF3N5O2/c19-16-14(9-23-27(17(16)28)11-18(20,21)22)26-7-5-25(6-8-26)10-13-12-3-1-2-4-15(12)29-24-13/h1-4,9H,5-8,10-11H2. The van der Waals surface area contributed by atoms with E-state index in [4.69, 9.17) is 16.1 Å². The minimum absolute atomic E-state index is 0.250. The molecule has 154 valence electrons. The van der Waals surface area contributed by atoms with Crippen LogP contribution in [0.25, 0.3) is 11.0 Å². The largest absolute Gasteiger partial charge is 0.408 e. The van der Waals surface area contributed by atoms with Crippen LogP contribution in [0.15, 0.2) is 39.8 Å². The Balaban J connectivity index is 1.43. The Morgan fingerprint density at radius 1 is 1.14 bits per heavy atom. The molecule has 29 heavy (non-hydrogen) atoms. The van der Waals surface area contributed by atoms with Gasteiger partial charge in [-0.1, -0.05) is 28.9 Å². The van der Waals surface area contributed by atoms with E-state index in [2.05, 4.69) is 15.2 Å². The highest BCUT2D eigenvalue weighted by molar-refractivity contribution is 6.33. The van der Waals surface area contributed by atoms with Crippen molar-refractivity contribution in [1.29, 1.82) is 0 Å². The van der Waals surface area contributed by atoms with Crippen LogP contribution in [0.5, 0.6) is 0 Å². The van der Waals surface area contributed by atoms with Gasteiger partial charge in [0.25, 0.3) is 5.56 Å². The summed E-state index contributed by atoms with van der Waals surface area (Å²) in [7, 11) is 0. The lowest BCUT2D eigenvalue weighted by molar-refractivity contribution is -0.143. The number of halogens is 4. The molecule has 0 amide bonds. The van der Waals surface area contributed by atoms with Gasteiger partial charge >= 0.3 is 6.18 Å². The van der Waals surface area contributed by atoms with Gasteiger partial charge in [-0.05, 0) is 12.1 Å². The zero-order valence-corrected chi connectivity index (χ0v) is 15.9. The quantitative estimate of drug-likeness (QED) is 0.638. The van der Waals surface area contributed by atoms with E-state index >= 15 is 0 Å². The number of piperazine rings is 1. The monoisotopic (exact) mass is 427 g/mol. The zero-order valence-electron chi connectivity index (χ0n) is 15.2. The van der Waals surface area contributed by atoms with Crippen LogP contribution in [0.1, 0.15) is 5.69 Å². The molecule has 1 fully saturated rings. The maximum absolute atomic E-state index is 12.5. The average Bonchev–Trinajstić information content (AvgIpc) is 3.09. The molecule has 7 nitrogen and oxygen atoms in total. The third-order valence-corrected chi connectivity index (χ3v) is 5.19. The predicted molar refractivity (Wildman–Crippen MR) is 101 cm³/mol. The number of anilines is 1. The number of benzene rings is 1. The van der Waals surface area contributed by atoms with E-state index in [1.165, 1.54) is 6.20 Å². The molecule has 0 unspecified atom stereocenters. The SMILES string of the molecule is O=c1c(Cl)c(N2CCN(Cc3noc4ccccc34)CC2)cnn1CC(F)(F)F. The molecule has 3 aromatic rings. The van der Waals surface area contributed by atoms with Crippen molar-refractivity contribution in [3.8, 4) is 0 Å². The fourth-order valence-corrected chi connectivity index (χ4v) is 3.64. The molecule has 2 aromatic heterocycles. The van der Waals surface area contributed by atoms with E-state index in [9.17, 15) is 18.0 Å². The lowest BCUT2D eigenvalue weighted by Crippen LogP contribution is -2.46. The van der Waals surface area contributed by atoms with E-state index in [0.29, 0.717) is 43.1 Å². The van der Waals surface area contributed by atoms with Gasteiger partial charge in [0.1, 0.15) is 17.3 Å². The van der Waals surface area contributed by atoms with Crippen LogP contribution in [0.2, 0.25) is 5.02 Å². The number of rotatable bonds is 4. The van der Waals surface area contributed by atoms with Gasteiger partial charge in [0.15, 0.2) is 5.58 Å². The first-order valence-corrected chi connectivity index (χ1v) is 9.32. The molecule has 1 aliphatic rings. The van der Waals surface area contributed by atoms with E-state index in [1.807, 2.05) is 29.2 Å². The molecule has 1 aromatic carbocycles. The van der Waals surface area contributed by atoms with Crippen LogP contribution in [0, 0.1) is 0 Å². The Labute approximate surface area is 168 Å². The Morgan fingerprint density at radius 2 is 1.86 bits per heavy atom. The van der Waals surface area contributed by atoms with Crippen molar-refractivity contribution >= 4 is 28.3 Å². The fourth-order valence-electron chi connectivity index (χ4n) is 3.37. The highest BCUT2D eigenvalue weighted by atomic mass is 35.5. The Morgan fingerprint density at radius 3 is 2.59 bits per heavy atom. The highest BCUT2D eigenvalue weighted by Crippen LogP contribution is 2.25. The van der Waals surface area contributed by atoms with Crippen molar-refractivity contribution in [3.05, 3.63) is 51.5 Å². The van der Waals surface area contributed by atoms with Gasteiger partial charge < -0.3 is 9.42 Å². The average molecular weight is 428 g/mol. The van der Waals surface area contributed by atoms with E-state index in [-0.39, 0.29) is 5.02 Å². The molecule has 0 radical (unpaired) electrons. The summed E-state index contributed by atoms with van der Waals surface area (Å²) in [4.78, 5) is 16.2. The summed E-state index contributed by atoms with van der Waals surface area (Å²) in [6, 6.07) is 7.63. The summed E-state index contributed by atoms with van der Waals surface area (Å²) in [5, 5.41) is 8.49. The molecule has 3 heterocycles. The number of para-hydroxylation sites is 1. The molecule has 0 saturated carbocycles. The van der Waals surface area contributed by atoms with E-state index in [0.717, 1.165) is 16.7 Å². The first-order chi connectivity index (χ1) is 13.8. The Kier molecular flexibility index (Phi) is 5.22. The molecule has 1 saturated heterocycles. The second kappa shape index (κ2) is 7.68. The minimum Gasteiger partial charge on any atom is -0.366 e. The minimum atomic E-state index is -4.54. The van der Waals surface area contributed by atoms with Gasteiger partial charge in [-0.25, -0.2) is 4.68 Å². The molecular formula is C18H17ClF3N5O2. The van der Waals surface area contributed by atoms with Crippen molar-refractivity contribution in [2.75, 3.05) is 31.1 Å². The van der Waals surface area contributed by atoms with Crippen LogP contribution in [0.4, 0.5) is 18.9 Å². The maximum atomic E-state index is 12.5. The van der Waals surface area contributed by atoms with Gasteiger partial charge in [-0.2, -0.15) is 18.3 Å².